The fourth-order valence-electron chi connectivity index (χ4n) is 3.47. The zero-order chi connectivity index (χ0) is 17.6. The highest BCUT2D eigenvalue weighted by atomic mass is 35.5. The molecule has 0 radical (unpaired) electrons. The van der Waals surface area contributed by atoms with Crippen LogP contribution in [0.25, 0.3) is 0 Å². The van der Waals surface area contributed by atoms with Gasteiger partial charge < -0.3 is 20.1 Å². The molecule has 7 heteroatoms. The molecule has 2 aliphatic rings. The van der Waals surface area contributed by atoms with Crippen molar-refractivity contribution in [2.24, 2.45) is 5.73 Å². The minimum Gasteiger partial charge on any atom is -0.491 e. The van der Waals surface area contributed by atoms with Crippen LogP contribution in [0.2, 0.25) is 5.02 Å². The van der Waals surface area contributed by atoms with Gasteiger partial charge in [-0.3, -0.25) is 9.69 Å². The Morgan fingerprint density at radius 3 is 2.64 bits per heavy atom. The highest BCUT2D eigenvalue weighted by Gasteiger charge is 2.28. The highest BCUT2D eigenvalue weighted by Crippen LogP contribution is 2.25. The van der Waals surface area contributed by atoms with E-state index >= 15 is 0 Å². The summed E-state index contributed by atoms with van der Waals surface area (Å²) in [4.78, 5) is 17.3. The normalized spacial score (nSPS) is 19.8. The van der Waals surface area contributed by atoms with E-state index in [1.807, 2.05) is 4.90 Å². The van der Waals surface area contributed by atoms with Crippen molar-refractivity contribution in [1.29, 1.82) is 0 Å². The van der Waals surface area contributed by atoms with Gasteiger partial charge in [0.25, 0.3) is 5.91 Å². The first kappa shape index (κ1) is 18.5. The number of halogens is 1. The number of carbonyl (C=O) groups is 1. The molecule has 0 aromatic heterocycles. The third-order valence-corrected chi connectivity index (χ3v) is 5.09. The predicted octanol–water partition coefficient (Wildman–Crippen LogP) is 1.61. The van der Waals surface area contributed by atoms with Gasteiger partial charge in [0.15, 0.2) is 0 Å². The van der Waals surface area contributed by atoms with Gasteiger partial charge in [-0.25, -0.2) is 0 Å². The number of carbonyl (C=O) groups excluding carboxylic acids is 1. The third-order valence-electron chi connectivity index (χ3n) is 4.86. The molecule has 2 saturated heterocycles. The van der Waals surface area contributed by atoms with Gasteiger partial charge in [-0.15, -0.1) is 0 Å². The number of hydrogen-bond acceptors (Lipinski definition) is 5. The van der Waals surface area contributed by atoms with Gasteiger partial charge >= 0.3 is 0 Å². The molecule has 0 unspecified atom stereocenters. The Kier molecular flexibility index (Phi) is 6.53. The van der Waals surface area contributed by atoms with Gasteiger partial charge in [-0.1, -0.05) is 11.6 Å². The van der Waals surface area contributed by atoms with Crippen molar-refractivity contribution in [1.82, 2.24) is 9.80 Å². The quantitative estimate of drug-likeness (QED) is 0.856. The number of piperazine rings is 1. The smallest absolute Gasteiger partial charge is 0.257 e. The lowest BCUT2D eigenvalue weighted by Gasteiger charge is -2.40. The van der Waals surface area contributed by atoms with Gasteiger partial charge in [0, 0.05) is 57.0 Å². The molecule has 138 valence electrons. The van der Waals surface area contributed by atoms with E-state index in [0.29, 0.717) is 35.5 Å². The lowest BCUT2D eigenvalue weighted by molar-refractivity contribution is 0.0136. The van der Waals surface area contributed by atoms with E-state index in [1.165, 1.54) is 0 Å². The molecule has 0 saturated carbocycles. The minimum atomic E-state index is -0.0267. The second-order valence-electron chi connectivity index (χ2n) is 6.45. The van der Waals surface area contributed by atoms with Crippen molar-refractivity contribution >= 4 is 17.5 Å². The third kappa shape index (κ3) is 4.64. The number of nitrogens with zero attached hydrogens (tertiary/aromatic N) is 2. The van der Waals surface area contributed by atoms with Crippen molar-refractivity contribution in [2.75, 3.05) is 52.5 Å². The Bertz CT molecular complexity index is 585. The first-order valence-electron chi connectivity index (χ1n) is 8.92. The van der Waals surface area contributed by atoms with Crippen molar-refractivity contribution < 1.29 is 14.3 Å². The van der Waals surface area contributed by atoms with E-state index < -0.39 is 0 Å². The van der Waals surface area contributed by atoms with Crippen molar-refractivity contribution in [3.05, 3.63) is 28.8 Å². The van der Waals surface area contributed by atoms with Crippen LogP contribution >= 0.6 is 11.6 Å². The fraction of sp³-hybridized carbons (Fsp3) is 0.611. The summed E-state index contributed by atoms with van der Waals surface area (Å²) in [5, 5.41) is 0.532. The maximum absolute atomic E-state index is 12.9. The largest absolute Gasteiger partial charge is 0.491 e. The molecule has 0 atom stereocenters. The number of amides is 1. The lowest BCUT2D eigenvalue weighted by atomic mass is 10.1. The van der Waals surface area contributed by atoms with E-state index in [9.17, 15) is 4.79 Å². The van der Waals surface area contributed by atoms with Crippen LogP contribution in [0.5, 0.6) is 5.75 Å². The van der Waals surface area contributed by atoms with E-state index in [4.69, 9.17) is 26.8 Å². The second-order valence-corrected chi connectivity index (χ2v) is 6.89. The van der Waals surface area contributed by atoms with Crippen LogP contribution < -0.4 is 10.5 Å². The standard InChI is InChI=1S/C18H26ClN3O3/c19-14-1-2-17(25-12-5-20)16(13-14)18(23)22-8-6-21(7-9-22)15-3-10-24-11-4-15/h1-2,13,15H,3-12,20H2. The zero-order valence-corrected chi connectivity index (χ0v) is 15.2. The van der Waals surface area contributed by atoms with Crippen molar-refractivity contribution in [3.63, 3.8) is 0 Å². The highest BCUT2D eigenvalue weighted by molar-refractivity contribution is 6.31. The lowest BCUT2D eigenvalue weighted by Crippen LogP contribution is -2.53. The average Bonchev–Trinajstić information content (AvgIpc) is 2.67. The number of nitrogens with two attached hydrogens (primary N) is 1. The zero-order valence-electron chi connectivity index (χ0n) is 14.5. The minimum absolute atomic E-state index is 0.0267. The maximum Gasteiger partial charge on any atom is 0.257 e. The molecule has 2 fully saturated rings. The first-order chi connectivity index (χ1) is 12.2. The molecule has 2 heterocycles. The molecular weight excluding hydrogens is 342 g/mol. The average molecular weight is 368 g/mol. The van der Waals surface area contributed by atoms with Gasteiger partial charge in [0.05, 0.1) is 5.56 Å². The number of rotatable bonds is 5. The molecule has 2 aliphatic heterocycles. The first-order valence-corrected chi connectivity index (χ1v) is 9.30. The van der Waals surface area contributed by atoms with Gasteiger partial charge in [-0.05, 0) is 31.0 Å². The Labute approximate surface area is 153 Å². The number of ether oxygens (including phenoxy) is 2. The molecule has 3 rings (SSSR count). The molecule has 2 N–H and O–H groups in total. The Hall–Kier alpha value is -1.34. The van der Waals surface area contributed by atoms with Gasteiger partial charge in [-0.2, -0.15) is 0 Å². The van der Waals surface area contributed by atoms with Crippen LogP contribution in [0, 0.1) is 0 Å². The van der Waals surface area contributed by atoms with E-state index in [-0.39, 0.29) is 5.91 Å². The van der Waals surface area contributed by atoms with Crippen LogP contribution in [0.15, 0.2) is 18.2 Å². The van der Waals surface area contributed by atoms with E-state index in [0.717, 1.165) is 52.2 Å². The molecule has 0 bridgehead atoms. The number of hydrogen-bond donors (Lipinski definition) is 1. The molecule has 25 heavy (non-hydrogen) atoms. The summed E-state index contributed by atoms with van der Waals surface area (Å²) < 4.78 is 11.1. The second kappa shape index (κ2) is 8.85. The summed E-state index contributed by atoms with van der Waals surface area (Å²) in [5.41, 5.74) is 6.01. The summed E-state index contributed by atoms with van der Waals surface area (Å²) in [6.07, 6.45) is 2.17. The molecule has 1 aromatic carbocycles. The van der Waals surface area contributed by atoms with Gasteiger partial charge in [0.2, 0.25) is 0 Å². The predicted molar refractivity (Wildman–Crippen MR) is 97.3 cm³/mol. The summed E-state index contributed by atoms with van der Waals surface area (Å²) in [6.45, 7) is 5.70. The molecule has 1 amide bonds. The van der Waals surface area contributed by atoms with E-state index in [1.54, 1.807) is 18.2 Å². The molecule has 0 aliphatic carbocycles. The Balaban J connectivity index is 1.63. The molecule has 0 spiro atoms. The van der Waals surface area contributed by atoms with E-state index in [2.05, 4.69) is 4.90 Å². The SMILES string of the molecule is NCCOc1ccc(Cl)cc1C(=O)N1CCN(C2CCOCC2)CC1. The summed E-state index contributed by atoms with van der Waals surface area (Å²) in [7, 11) is 0. The van der Waals surface area contributed by atoms with Crippen LogP contribution in [-0.2, 0) is 4.74 Å². The molecule has 1 aromatic rings. The summed E-state index contributed by atoms with van der Waals surface area (Å²) in [5.74, 6) is 0.521. The van der Waals surface area contributed by atoms with Crippen molar-refractivity contribution in [2.45, 2.75) is 18.9 Å². The topological polar surface area (TPSA) is 68.0 Å². The molecule has 6 nitrogen and oxygen atoms in total. The fourth-order valence-corrected chi connectivity index (χ4v) is 3.65. The Morgan fingerprint density at radius 2 is 1.96 bits per heavy atom. The van der Waals surface area contributed by atoms with Crippen LogP contribution in [0.3, 0.4) is 0 Å². The Morgan fingerprint density at radius 1 is 1.24 bits per heavy atom. The van der Waals surface area contributed by atoms with Crippen LogP contribution in [0.1, 0.15) is 23.2 Å². The van der Waals surface area contributed by atoms with Crippen LogP contribution in [0.4, 0.5) is 0 Å². The molecular formula is C18H26ClN3O3. The monoisotopic (exact) mass is 367 g/mol. The summed E-state index contributed by atoms with van der Waals surface area (Å²) in [6, 6.07) is 5.73. The van der Waals surface area contributed by atoms with Crippen LogP contribution in [-0.4, -0.2) is 74.3 Å². The van der Waals surface area contributed by atoms with Crippen molar-refractivity contribution in [3.8, 4) is 5.75 Å². The number of benzene rings is 1. The maximum atomic E-state index is 12.9. The summed E-state index contributed by atoms with van der Waals surface area (Å²) >= 11 is 6.09. The van der Waals surface area contributed by atoms with Gasteiger partial charge in [0.1, 0.15) is 12.4 Å².